The number of nitrogens with one attached hydrogen (secondary N) is 1. The fourth-order valence-electron chi connectivity index (χ4n) is 1.71. The van der Waals surface area contributed by atoms with Crippen LogP contribution >= 0.6 is 12.2 Å². The van der Waals surface area contributed by atoms with Crippen LogP contribution in [0.25, 0.3) is 0 Å². The van der Waals surface area contributed by atoms with Gasteiger partial charge in [-0.2, -0.15) is 13.2 Å². The summed E-state index contributed by atoms with van der Waals surface area (Å²) < 4.78 is 39.5. The van der Waals surface area contributed by atoms with Crippen LogP contribution in [0.3, 0.4) is 0 Å². The van der Waals surface area contributed by atoms with Crippen LogP contribution in [0.4, 0.5) is 19.1 Å². The van der Waals surface area contributed by atoms with Crippen LogP contribution in [-0.2, 0) is 6.54 Å². The fraction of sp³-hybridized carbons (Fsp3) is 0.800. The predicted molar refractivity (Wildman–Crippen MR) is 66.3 cm³/mol. The number of hydrogen-bond acceptors (Lipinski definition) is 3. The Kier molecular flexibility index (Phi) is 5.18. The van der Waals surface area contributed by atoms with Crippen molar-refractivity contribution in [3.63, 3.8) is 0 Å². The minimum atomic E-state index is -4.25. The van der Waals surface area contributed by atoms with Crippen LogP contribution in [0.5, 0.6) is 0 Å². The Morgan fingerprint density at radius 1 is 1.33 bits per heavy atom. The standard InChI is InChI=1S/C10H17F3N4S/c1-3-5-16(7-10(11,12)13)8-14-15-9(18)17(8)6-4-2/h3-7H2,1-2H3,(H,15,18). The molecule has 0 aliphatic rings. The Bertz CT molecular complexity index is 423. The van der Waals surface area contributed by atoms with Gasteiger partial charge in [-0.1, -0.05) is 13.8 Å². The molecule has 1 aromatic heterocycles. The van der Waals surface area contributed by atoms with Crippen molar-refractivity contribution in [2.45, 2.75) is 39.4 Å². The number of anilines is 1. The lowest BCUT2D eigenvalue weighted by atomic mass is 10.4. The zero-order chi connectivity index (χ0) is 13.8. The van der Waals surface area contributed by atoms with Crippen molar-refractivity contribution in [1.82, 2.24) is 14.8 Å². The van der Waals surface area contributed by atoms with Gasteiger partial charge < -0.3 is 4.90 Å². The zero-order valence-corrected chi connectivity index (χ0v) is 11.2. The molecule has 0 amide bonds. The van der Waals surface area contributed by atoms with Crippen molar-refractivity contribution in [1.29, 1.82) is 0 Å². The molecule has 0 saturated carbocycles. The average Bonchev–Trinajstić information content (AvgIpc) is 2.59. The molecule has 4 nitrogen and oxygen atoms in total. The average molecular weight is 282 g/mol. The van der Waals surface area contributed by atoms with Gasteiger partial charge in [-0.15, -0.1) is 5.10 Å². The van der Waals surface area contributed by atoms with E-state index >= 15 is 0 Å². The van der Waals surface area contributed by atoms with Crippen LogP contribution < -0.4 is 4.90 Å². The largest absolute Gasteiger partial charge is 0.406 e. The first-order valence-electron chi connectivity index (χ1n) is 5.86. The monoisotopic (exact) mass is 282 g/mol. The molecule has 1 rings (SSSR count). The van der Waals surface area contributed by atoms with E-state index in [2.05, 4.69) is 10.2 Å². The number of rotatable bonds is 6. The maximum atomic E-state index is 12.5. The van der Waals surface area contributed by atoms with Crippen molar-refractivity contribution in [2.24, 2.45) is 0 Å². The van der Waals surface area contributed by atoms with Crippen LogP contribution in [0, 0.1) is 4.77 Å². The van der Waals surface area contributed by atoms with Crippen molar-refractivity contribution in [2.75, 3.05) is 18.0 Å². The second-order valence-corrected chi connectivity index (χ2v) is 4.40. The minimum absolute atomic E-state index is 0.265. The molecule has 0 aromatic carbocycles. The summed E-state index contributed by atoms with van der Waals surface area (Å²) in [6, 6.07) is 0. The maximum absolute atomic E-state index is 12.5. The van der Waals surface area contributed by atoms with E-state index in [0.29, 0.717) is 24.3 Å². The highest BCUT2D eigenvalue weighted by atomic mass is 32.1. The van der Waals surface area contributed by atoms with Crippen molar-refractivity contribution < 1.29 is 13.2 Å². The van der Waals surface area contributed by atoms with Gasteiger partial charge in [0.05, 0.1) is 0 Å². The van der Waals surface area contributed by atoms with Gasteiger partial charge in [-0.25, -0.2) is 5.10 Å². The molecular weight excluding hydrogens is 265 g/mol. The van der Waals surface area contributed by atoms with Gasteiger partial charge in [0.15, 0.2) is 4.77 Å². The number of aromatic amines is 1. The summed E-state index contributed by atoms with van der Waals surface area (Å²) in [6.45, 7) is 3.61. The van der Waals surface area contributed by atoms with E-state index in [1.54, 1.807) is 4.57 Å². The number of halogens is 3. The molecule has 0 aliphatic heterocycles. The summed E-state index contributed by atoms with van der Waals surface area (Å²) >= 11 is 5.02. The van der Waals surface area contributed by atoms with Crippen molar-refractivity contribution >= 4 is 18.2 Å². The Hall–Kier alpha value is -1.05. The van der Waals surface area contributed by atoms with E-state index in [4.69, 9.17) is 12.2 Å². The SMILES string of the molecule is CCCN(CC(F)(F)F)c1n[nH]c(=S)n1CCC. The van der Waals surface area contributed by atoms with Gasteiger partial charge in [0, 0.05) is 13.1 Å². The predicted octanol–water partition coefficient (Wildman–Crippen LogP) is 3.13. The highest BCUT2D eigenvalue weighted by molar-refractivity contribution is 7.71. The van der Waals surface area contributed by atoms with Crippen LogP contribution in [0.15, 0.2) is 0 Å². The maximum Gasteiger partial charge on any atom is 0.406 e. The number of H-pyrrole nitrogens is 1. The quantitative estimate of drug-likeness (QED) is 0.814. The number of hydrogen-bond donors (Lipinski definition) is 1. The highest BCUT2D eigenvalue weighted by Gasteiger charge is 2.32. The molecular formula is C10H17F3N4S. The van der Waals surface area contributed by atoms with Crippen molar-refractivity contribution in [3.8, 4) is 0 Å². The van der Waals surface area contributed by atoms with E-state index in [1.807, 2.05) is 13.8 Å². The summed E-state index contributed by atoms with van der Waals surface area (Å²) in [5.41, 5.74) is 0. The molecule has 0 radical (unpaired) electrons. The molecule has 0 spiro atoms. The van der Waals surface area contributed by atoms with E-state index in [-0.39, 0.29) is 5.95 Å². The van der Waals surface area contributed by atoms with Gasteiger partial charge in [-0.05, 0) is 25.1 Å². The van der Waals surface area contributed by atoms with Crippen molar-refractivity contribution in [3.05, 3.63) is 4.77 Å². The lowest BCUT2D eigenvalue weighted by molar-refractivity contribution is -0.119. The summed E-state index contributed by atoms with van der Waals surface area (Å²) in [4.78, 5) is 1.21. The molecule has 8 heteroatoms. The molecule has 0 fully saturated rings. The first kappa shape index (κ1) is 15.0. The number of aromatic nitrogens is 3. The van der Waals surface area contributed by atoms with Crippen LogP contribution in [-0.4, -0.2) is 34.0 Å². The molecule has 0 bridgehead atoms. The van der Waals surface area contributed by atoms with Gasteiger partial charge >= 0.3 is 6.18 Å². The first-order chi connectivity index (χ1) is 8.39. The zero-order valence-electron chi connectivity index (χ0n) is 10.4. The topological polar surface area (TPSA) is 36.9 Å². The third kappa shape index (κ3) is 4.01. The second-order valence-electron chi connectivity index (χ2n) is 4.02. The fourth-order valence-corrected chi connectivity index (χ4v) is 1.93. The molecule has 0 unspecified atom stereocenters. The lowest BCUT2D eigenvalue weighted by Crippen LogP contribution is -2.36. The van der Waals surface area contributed by atoms with E-state index in [9.17, 15) is 13.2 Å². The molecule has 18 heavy (non-hydrogen) atoms. The summed E-state index contributed by atoms with van der Waals surface area (Å²) in [6.07, 6.45) is -2.85. The molecule has 104 valence electrons. The summed E-state index contributed by atoms with van der Waals surface area (Å²) in [5, 5.41) is 6.46. The molecule has 1 heterocycles. The molecule has 0 aliphatic carbocycles. The Morgan fingerprint density at radius 2 is 2.00 bits per heavy atom. The molecule has 0 atom stereocenters. The second kappa shape index (κ2) is 6.21. The Labute approximate surface area is 109 Å². The van der Waals surface area contributed by atoms with E-state index < -0.39 is 12.7 Å². The minimum Gasteiger partial charge on any atom is -0.332 e. The lowest BCUT2D eigenvalue weighted by Gasteiger charge is -2.24. The Morgan fingerprint density at radius 3 is 2.50 bits per heavy atom. The molecule has 1 aromatic rings. The van der Waals surface area contributed by atoms with Gasteiger partial charge in [-0.3, -0.25) is 4.57 Å². The smallest absolute Gasteiger partial charge is 0.332 e. The molecule has 1 N–H and O–H groups in total. The van der Waals surface area contributed by atoms with Gasteiger partial charge in [0.25, 0.3) is 0 Å². The third-order valence-electron chi connectivity index (χ3n) is 2.33. The van der Waals surface area contributed by atoms with E-state index in [0.717, 1.165) is 6.42 Å². The summed E-state index contributed by atoms with van der Waals surface area (Å²) in [5.74, 6) is 0.265. The summed E-state index contributed by atoms with van der Waals surface area (Å²) in [7, 11) is 0. The van der Waals surface area contributed by atoms with Gasteiger partial charge in [0.1, 0.15) is 6.54 Å². The highest BCUT2D eigenvalue weighted by Crippen LogP contribution is 2.21. The number of nitrogens with zero attached hydrogens (tertiary/aromatic N) is 3. The number of alkyl halides is 3. The van der Waals surface area contributed by atoms with E-state index in [1.165, 1.54) is 4.90 Å². The normalized spacial score (nSPS) is 11.8. The first-order valence-corrected chi connectivity index (χ1v) is 6.26. The van der Waals surface area contributed by atoms with Crippen LogP contribution in [0.2, 0.25) is 0 Å². The van der Waals surface area contributed by atoms with Gasteiger partial charge in [0.2, 0.25) is 5.95 Å². The third-order valence-corrected chi connectivity index (χ3v) is 2.64. The van der Waals surface area contributed by atoms with Crippen LogP contribution in [0.1, 0.15) is 26.7 Å². The Balaban J connectivity index is 3.01. The molecule has 0 saturated heterocycles.